The summed E-state index contributed by atoms with van der Waals surface area (Å²) in [6.45, 7) is 7.50. The summed E-state index contributed by atoms with van der Waals surface area (Å²) in [5, 5.41) is 3.34. The standard InChI is InChI=1S/C14H29N3/c1-12-9-14(6-8-16(12)3)17-7-4-5-13(11-17)10-15-2/h12-15H,4-11H2,1-3H3. The molecule has 2 saturated heterocycles. The van der Waals surface area contributed by atoms with Gasteiger partial charge in [0.25, 0.3) is 0 Å². The molecule has 3 heteroatoms. The van der Waals surface area contributed by atoms with Crippen molar-refractivity contribution in [2.24, 2.45) is 5.92 Å². The molecule has 2 aliphatic rings. The highest BCUT2D eigenvalue weighted by Gasteiger charge is 2.30. The van der Waals surface area contributed by atoms with Crippen molar-refractivity contribution in [3.05, 3.63) is 0 Å². The van der Waals surface area contributed by atoms with E-state index in [0.29, 0.717) is 0 Å². The molecule has 2 aliphatic heterocycles. The predicted molar refractivity (Wildman–Crippen MR) is 73.3 cm³/mol. The van der Waals surface area contributed by atoms with Crippen LogP contribution >= 0.6 is 0 Å². The molecule has 0 aromatic carbocycles. The monoisotopic (exact) mass is 239 g/mol. The second-order valence-corrected chi connectivity index (χ2v) is 6.07. The summed E-state index contributed by atoms with van der Waals surface area (Å²) in [4.78, 5) is 5.28. The Morgan fingerprint density at radius 3 is 2.76 bits per heavy atom. The van der Waals surface area contributed by atoms with Crippen LogP contribution in [0.15, 0.2) is 0 Å². The van der Waals surface area contributed by atoms with E-state index in [0.717, 1.165) is 18.0 Å². The highest BCUT2D eigenvalue weighted by molar-refractivity contribution is 4.86. The molecule has 0 bridgehead atoms. The summed E-state index contributed by atoms with van der Waals surface area (Å²) in [5.41, 5.74) is 0. The first kappa shape index (κ1) is 13.3. The van der Waals surface area contributed by atoms with Crippen LogP contribution in [0, 0.1) is 5.92 Å². The minimum atomic E-state index is 0.762. The maximum absolute atomic E-state index is 3.34. The van der Waals surface area contributed by atoms with Gasteiger partial charge < -0.3 is 10.2 Å². The van der Waals surface area contributed by atoms with Crippen molar-refractivity contribution in [1.82, 2.24) is 15.1 Å². The van der Waals surface area contributed by atoms with Crippen LogP contribution in [0.1, 0.15) is 32.6 Å². The smallest absolute Gasteiger partial charge is 0.0122 e. The number of hydrogen-bond donors (Lipinski definition) is 1. The van der Waals surface area contributed by atoms with Crippen molar-refractivity contribution in [2.45, 2.75) is 44.7 Å². The van der Waals surface area contributed by atoms with Gasteiger partial charge in [-0.25, -0.2) is 0 Å². The normalized spacial score (nSPS) is 37.2. The third-order valence-electron chi connectivity index (χ3n) is 4.74. The molecule has 3 unspecified atom stereocenters. The van der Waals surface area contributed by atoms with Gasteiger partial charge in [-0.2, -0.15) is 0 Å². The molecule has 3 atom stereocenters. The molecule has 0 radical (unpaired) electrons. The second kappa shape index (κ2) is 6.17. The van der Waals surface area contributed by atoms with Crippen LogP contribution in [0.25, 0.3) is 0 Å². The zero-order valence-corrected chi connectivity index (χ0v) is 11.8. The average molecular weight is 239 g/mol. The van der Waals surface area contributed by atoms with E-state index >= 15 is 0 Å². The minimum Gasteiger partial charge on any atom is -0.319 e. The molecule has 1 N–H and O–H groups in total. The molecule has 0 aromatic rings. The number of nitrogens with one attached hydrogen (secondary N) is 1. The fraction of sp³-hybridized carbons (Fsp3) is 1.00. The Kier molecular flexibility index (Phi) is 4.83. The van der Waals surface area contributed by atoms with Gasteiger partial charge in [-0.3, -0.25) is 4.90 Å². The molecule has 100 valence electrons. The number of rotatable bonds is 3. The number of hydrogen-bond acceptors (Lipinski definition) is 3. The first-order valence-corrected chi connectivity index (χ1v) is 7.29. The highest BCUT2D eigenvalue weighted by Crippen LogP contribution is 2.25. The van der Waals surface area contributed by atoms with Gasteiger partial charge >= 0.3 is 0 Å². The largest absolute Gasteiger partial charge is 0.319 e. The van der Waals surface area contributed by atoms with E-state index in [1.807, 2.05) is 0 Å². The molecule has 2 heterocycles. The van der Waals surface area contributed by atoms with Gasteiger partial charge in [0, 0.05) is 18.6 Å². The SMILES string of the molecule is CNCC1CCCN(C2CCN(C)C(C)C2)C1. The quantitative estimate of drug-likeness (QED) is 0.803. The molecule has 3 nitrogen and oxygen atoms in total. The number of likely N-dealkylation sites (tertiary alicyclic amines) is 2. The lowest BCUT2D eigenvalue weighted by Gasteiger charge is -2.44. The van der Waals surface area contributed by atoms with Gasteiger partial charge in [0.1, 0.15) is 0 Å². The molecule has 2 rings (SSSR count). The van der Waals surface area contributed by atoms with Gasteiger partial charge in [-0.05, 0) is 72.3 Å². The zero-order chi connectivity index (χ0) is 12.3. The van der Waals surface area contributed by atoms with Gasteiger partial charge in [0.2, 0.25) is 0 Å². The molecular formula is C14H29N3. The lowest BCUT2D eigenvalue weighted by atomic mass is 9.92. The fourth-order valence-electron chi connectivity index (χ4n) is 3.48. The summed E-state index contributed by atoms with van der Waals surface area (Å²) in [7, 11) is 4.34. The third kappa shape index (κ3) is 3.43. The molecule has 0 amide bonds. The minimum absolute atomic E-state index is 0.762. The van der Waals surface area contributed by atoms with Crippen molar-refractivity contribution >= 4 is 0 Å². The first-order valence-electron chi connectivity index (χ1n) is 7.29. The van der Waals surface area contributed by atoms with Gasteiger partial charge in [0.05, 0.1) is 0 Å². The lowest BCUT2D eigenvalue weighted by molar-refractivity contribution is 0.0574. The van der Waals surface area contributed by atoms with E-state index in [4.69, 9.17) is 0 Å². The average Bonchev–Trinajstić information content (AvgIpc) is 2.33. The molecule has 17 heavy (non-hydrogen) atoms. The second-order valence-electron chi connectivity index (χ2n) is 6.07. The van der Waals surface area contributed by atoms with E-state index in [2.05, 4.69) is 36.1 Å². The first-order chi connectivity index (χ1) is 8.20. The Balaban J connectivity index is 1.84. The summed E-state index contributed by atoms with van der Waals surface area (Å²) < 4.78 is 0. The van der Waals surface area contributed by atoms with Gasteiger partial charge in [-0.15, -0.1) is 0 Å². The maximum atomic E-state index is 3.34. The van der Waals surface area contributed by atoms with Crippen LogP contribution in [0.3, 0.4) is 0 Å². The Morgan fingerprint density at radius 1 is 1.24 bits per heavy atom. The molecule has 0 saturated carbocycles. The number of piperidine rings is 2. The fourth-order valence-corrected chi connectivity index (χ4v) is 3.48. The summed E-state index contributed by atoms with van der Waals surface area (Å²) in [5.74, 6) is 0.878. The van der Waals surface area contributed by atoms with E-state index in [1.165, 1.54) is 51.9 Å². The number of nitrogens with zero attached hydrogens (tertiary/aromatic N) is 2. The van der Waals surface area contributed by atoms with Crippen molar-refractivity contribution in [1.29, 1.82) is 0 Å². The van der Waals surface area contributed by atoms with Crippen LogP contribution < -0.4 is 5.32 Å². The summed E-state index contributed by atoms with van der Waals surface area (Å²) in [6.07, 6.45) is 5.54. The van der Waals surface area contributed by atoms with E-state index < -0.39 is 0 Å². The Morgan fingerprint density at radius 2 is 2.06 bits per heavy atom. The van der Waals surface area contributed by atoms with Crippen molar-refractivity contribution < 1.29 is 0 Å². The molecule has 0 aliphatic carbocycles. The maximum Gasteiger partial charge on any atom is 0.0122 e. The molecule has 0 aromatic heterocycles. The zero-order valence-electron chi connectivity index (χ0n) is 11.8. The van der Waals surface area contributed by atoms with E-state index in [9.17, 15) is 0 Å². The van der Waals surface area contributed by atoms with Crippen LogP contribution in [0.5, 0.6) is 0 Å². The predicted octanol–water partition coefficient (Wildman–Crippen LogP) is 1.40. The van der Waals surface area contributed by atoms with Crippen LogP contribution in [-0.2, 0) is 0 Å². The van der Waals surface area contributed by atoms with Crippen molar-refractivity contribution in [2.75, 3.05) is 40.3 Å². The van der Waals surface area contributed by atoms with Crippen LogP contribution in [-0.4, -0.2) is 62.2 Å². The Labute approximate surface area is 107 Å². The Bertz CT molecular complexity index is 230. The van der Waals surface area contributed by atoms with Gasteiger partial charge in [0.15, 0.2) is 0 Å². The summed E-state index contributed by atoms with van der Waals surface area (Å²) >= 11 is 0. The van der Waals surface area contributed by atoms with Crippen LogP contribution in [0.2, 0.25) is 0 Å². The summed E-state index contributed by atoms with van der Waals surface area (Å²) in [6, 6.07) is 1.61. The van der Waals surface area contributed by atoms with Crippen molar-refractivity contribution in [3.8, 4) is 0 Å². The van der Waals surface area contributed by atoms with Gasteiger partial charge in [-0.1, -0.05) is 0 Å². The highest BCUT2D eigenvalue weighted by atomic mass is 15.2. The Hall–Kier alpha value is -0.120. The topological polar surface area (TPSA) is 18.5 Å². The van der Waals surface area contributed by atoms with Crippen molar-refractivity contribution in [3.63, 3.8) is 0 Å². The van der Waals surface area contributed by atoms with Crippen LogP contribution in [0.4, 0.5) is 0 Å². The third-order valence-corrected chi connectivity index (χ3v) is 4.74. The molecular weight excluding hydrogens is 210 g/mol. The van der Waals surface area contributed by atoms with E-state index in [-0.39, 0.29) is 0 Å². The molecule has 0 spiro atoms. The molecule has 2 fully saturated rings. The van der Waals surface area contributed by atoms with E-state index in [1.54, 1.807) is 0 Å². The lowest BCUT2D eigenvalue weighted by Crippen LogP contribution is -2.51.